The Labute approximate surface area is 205 Å². The van der Waals surface area contributed by atoms with Crippen molar-refractivity contribution in [2.75, 3.05) is 11.9 Å². The first-order valence-corrected chi connectivity index (χ1v) is 11.5. The molecule has 1 aliphatic rings. The lowest BCUT2D eigenvalue weighted by atomic mass is 10.1. The summed E-state index contributed by atoms with van der Waals surface area (Å²) in [6.07, 6.45) is 3.44. The third-order valence-electron chi connectivity index (χ3n) is 4.66. The van der Waals surface area contributed by atoms with Crippen molar-refractivity contribution in [3.8, 4) is 5.82 Å². The minimum Gasteiger partial charge on any atom is -0.349 e. The molecule has 0 radical (unpaired) electrons. The number of rotatable bonds is 5. The van der Waals surface area contributed by atoms with E-state index in [1.165, 1.54) is 9.58 Å². The van der Waals surface area contributed by atoms with Crippen LogP contribution in [-0.2, 0) is 0 Å². The molecule has 1 fully saturated rings. The van der Waals surface area contributed by atoms with E-state index in [-0.39, 0.29) is 17.6 Å². The molecular formula is C20H15Br2Cl2N5O2. The summed E-state index contributed by atoms with van der Waals surface area (Å²) in [5, 5.41) is 7.97. The van der Waals surface area contributed by atoms with Gasteiger partial charge in [-0.05, 0) is 69.0 Å². The van der Waals surface area contributed by atoms with E-state index in [2.05, 4.69) is 47.3 Å². The zero-order chi connectivity index (χ0) is 22.3. The maximum absolute atomic E-state index is 13.5. The van der Waals surface area contributed by atoms with Crippen LogP contribution in [-0.4, -0.2) is 39.7 Å². The first-order valence-electron chi connectivity index (χ1n) is 9.20. The lowest BCUT2D eigenvalue weighted by Crippen LogP contribution is -2.33. The summed E-state index contributed by atoms with van der Waals surface area (Å²) in [6, 6.07) is 8.25. The van der Waals surface area contributed by atoms with E-state index in [0.29, 0.717) is 36.2 Å². The van der Waals surface area contributed by atoms with Crippen molar-refractivity contribution < 1.29 is 9.59 Å². The van der Waals surface area contributed by atoms with Crippen molar-refractivity contribution in [2.45, 2.75) is 18.9 Å². The van der Waals surface area contributed by atoms with Crippen molar-refractivity contribution in [3.05, 3.63) is 66.9 Å². The van der Waals surface area contributed by atoms with Crippen LogP contribution in [0.4, 0.5) is 5.69 Å². The number of nitrogens with zero attached hydrogens (tertiary/aromatic N) is 4. The second-order valence-electron chi connectivity index (χ2n) is 6.97. The molecule has 0 atom stereocenters. The number of pyridine rings is 1. The largest absolute Gasteiger partial charge is 0.349 e. The molecule has 31 heavy (non-hydrogen) atoms. The molecule has 0 unspecified atom stereocenters. The van der Waals surface area contributed by atoms with Crippen LogP contribution in [0.3, 0.4) is 0 Å². The Morgan fingerprint density at radius 3 is 2.65 bits per heavy atom. The Bertz CT molecular complexity index is 1200. The van der Waals surface area contributed by atoms with Gasteiger partial charge in [0.2, 0.25) is 0 Å². The van der Waals surface area contributed by atoms with Gasteiger partial charge in [0, 0.05) is 34.8 Å². The number of carbonyl (C=O) groups excluding carboxylic acids is 2. The average molecular weight is 588 g/mol. The summed E-state index contributed by atoms with van der Waals surface area (Å²) >= 11 is 19.2. The van der Waals surface area contributed by atoms with Crippen molar-refractivity contribution in [2.24, 2.45) is 0 Å². The number of carbonyl (C=O) groups is 2. The standard InChI is InChI=1S/C20H15Br2Cl2N5O2/c1-28(17-12(7-10(23)8-13(17)21)19(30)26-11-4-5-11)20(31)15-9-16(22)27-29(15)18-14(24)3-2-6-25-18/h2-3,6-9,11H,4-5H2,1H3,(H,26,30). The molecule has 2 amide bonds. The second kappa shape index (κ2) is 8.90. The van der Waals surface area contributed by atoms with Gasteiger partial charge in [0.15, 0.2) is 5.82 Å². The second-order valence-corrected chi connectivity index (χ2v) is 9.48. The number of aromatic nitrogens is 3. The highest BCUT2D eigenvalue weighted by Crippen LogP contribution is 2.35. The number of hydrogen-bond acceptors (Lipinski definition) is 4. The summed E-state index contributed by atoms with van der Waals surface area (Å²) in [5.41, 5.74) is 0.900. The molecule has 160 valence electrons. The van der Waals surface area contributed by atoms with Crippen LogP contribution in [0, 0.1) is 0 Å². The summed E-state index contributed by atoms with van der Waals surface area (Å²) < 4.78 is 2.31. The zero-order valence-corrected chi connectivity index (χ0v) is 20.8. The monoisotopic (exact) mass is 585 g/mol. The number of halogens is 4. The molecule has 0 aliphatic heterocycles. The number of benzene rings is 1. The van der Waals surface area contributed by atoms with Crippen LogP contribution in [0.25, 0.3) is 5.82 Å². The maximum atomic E-state index is 13.5. The molecule has 0 bridgehead atoms. The summed E-state index contributed by atoms with van der Waals surface area (Å²) in [4.78, 5) is 32.0. The minimum atomic E-state index is -0.414. The van der Waals surface area contributed by atoms with Gasteiger partial charge in [-0.25, -0.2) is 9.67 Å². The molecule has 1 aromatic carbocycles. The smallest absolute Gasteiger partial charge is 0.276 e. The number of nitrogens with one attached hydrogen (secondary N) is 1. The lowest BCUT2D eigenvalue weighted by molar-refractivity contribution is 0.0951. The lowest BCUT2D eigenvalue weighted by Gasteiger charge is -2.22. The fourth-order valence-corrected chi connectivity index (χ4v) is 4.70. The van der Waals surface area contributed by atoms with Crippen LogP contribution in [0.1, 0.15) is 33.7 Å². The minimum absolute atomic E-state index is 0.155. The molecule has 2 heterocycles. The predicted molar refractivity (Wildman–Crippen MR) is 126 cm³/mol. The van der Waals surface area contributed by atoms with Gasteiger partial charge in [0.1, 0.15) is 10.3 Å². The van der Waals surface area contributed by atoms with Gasteiger partial charge in [0.05, 0.1) is 16.3 Å². The number of hydrogen-bond donors (Lipinski definition) is 1. The normalized spacial score (nSPS) is 13.2. The van der Waals surface area contributed by atoms with Gasteiger partial charge in [0.25, 0.3) is 11.8 Å². The highest BCUT2D eigenvalue weighted by Gasteiger charge is 2.29. The van der Waals surface area contributed by atoms with Crippen molar-refractivity contribution in [1.29, 1.82) is 0 Å². The predicted octanol–water partition coefficient (Wildman–Crippen LogP) is 5.27. The molecule has 4 rings (SSSR count). The van der Waals surface area contributed by atoms with Crippen LogP contribution in [0.15, 0.2) is 45.6 Å². The van der Waals surface area contributed by atoms with E-state index in [9.17, 15) is 9.59 Å². The van der Waals surface area contributed by atoms with Crippen LogP contribution < -0.4 is 10.2 Å². The fourth-order valence-electron chi connectivity index (χ4n) is 3.04. The molecular weight excluding hydrogens is 573 g/mol. The van der Waals surface area contributed by atoms with E-state index >= 15 is 0 Å². The van der Waals surface area contributed by atoms with Gasteiger partial charge in [-0.3, -0.25) is 9.59 Å². The molecule has 2 aromatic heterocycles. The Kier molecular flexibility index (Phi) is 6.39. The van der Waals surface area contributed by atoms with E-state index in [0.717, 1.165) is 12.8 Å². The first kappa shape index (κ1) is 22.3. The topological polar surface area (TPSA) is 80.1 Å². The Morgan fingerprint density at radius 1 is 1.23 bits per heavy atom. The van der Waals surface area contributed by atoms with Gasteiger partial charge < -0.3 is 10.2 Å². The molecule has 1 N–H and O–H groups in total. The van der Waals surface area contributed by atoms with Crippen LogP contribution in [0.2, 0.25) is 10.0 Å². The zero-order valence-electron chi connectivity index (χ0n) is 16.1. The summed E-state index contributed by atoms with van der Waals surface area (Å²) in [7, 11) is 1.58. The quantitative estimate of drug-likeness (QED) is 0.441. The Hall–Kier alpha value is -1.94. The van der Waals surface area contributed by atoms with E-state index in [4.69, 9.17) is 23.2 Å². The van der Waals surface area contributed by atoms with Crippen molar-refractivity contribution >= 4 is 72.6 Å². The van der Waals surface area contributed by atoms with E-state index in [1.807, 2.05) is 0 Å². The third kappa shape index (κ3) is 4.64. The SMILES string of the molecule is CN(C(=O)c1cc(Br)nn1-c1ncccc1Cl)c1c(Br)cc(Cl)cc1C(=O)NC1CC1. The molecule has 0 saturated heterocycles. The Morgan fingerprint density at radius 2 is 1.97 bits per heavy atom. The number of anilines is 1. The average Bonchev–Trinajstić information content (AvgIpc) is 3.45. The van der Waals surface area contributed by atoms with Gasteiger partial charge in [-0.1, -0.05) is 23.2 Å². The maximum Gasteiger partial charge on any atom is 0.276 e. The van der Waals surface area contributed by atoms with Crippen LogP contribution in [0.5, 0.6) is 0 Å². The van der Waals surface area contributed by atoms with Gasteiger partial charge in [-0.15, -0.1) is 0 Å². The summed E-state index contributed by atoms with van der Waals surface area (Å²) in [6.45, 7) is 0. The Balaban J connectivity index is 1.76. The first-order chi connectivity index (χ1) is 14.8. The van der Waals surface area contributed by atoms with Crippen molar-refractivity contribution in [3.63, 3.8) is 0 Å². The highest BCUT2D eigenvalue weighted by atomic mass is 79.9. The fraction of sp³-hybridized carbons (Fsp3) is 0.200. The molecule has 3 aromatic rings. The van der Waals surface area contributed by atoms with E-state index in [1.54, 1.807) is 43.6 Å². The molecule has 1 aliphatic carbocycles. The number of amides is 2. The van der Waals surface area contributed by atoms with E-state index < -0.39 is 5.91 Å². The summed E-state index contributed by atoms with van der Waals surface area (Å²) in [5.74, 6) is -0.389. The molecule has 0 spiro atoms. The third-order valence-corrected chi connectivity index (χ3v) is 6.17. The molecule has 11 heteroatoms. The van der Waals surface area contributed by atoms with Gasteiger partial charge >= 0.3 is 0 Å². The van der Waals surface area contributed by atoms with Gasteiger partial charge in [-0.2, -0.15) is 5.10 Å². The molecule has 7 nitrogen and oxygen atoms in total. The highest BCUT2D eigenvalue weighted by molar-refractivity contribution is 9.10. The molecule has 1 saturated carbocycles. The van der Waals surface area contributed by atoms with Crippen molar-refractivity contribution in [1.82, 2.24) is 20.1 Å². The van der Waals surface area contributed by atoms with Crippen LogP contribution >= 0.6 is 55.1 Å².